The summed E-state index contributed by atoms with van der Waals surface area (Å²) in [6.45, 7) is 1.58. The second kappa shape index (κ2) is 6.81. The first-order valence-corrected chi connectivity index (χ1v) is 8.27. The van der Waals surface area contributed by atoms with Crippen LogP contribution in [-0.2, 0) is 17.8 Å². The summed E-state index contributed by atoms with van der Waals surface area (Å²) >= 11 is 0. The maximum absolute atomic E-state index is 12.3. The number of hydrogen-bond acceptors (Lipinski definition) is 4. The van der Waals surface area contributed by atoms with Crippen LogP contribution in [0.2, 0.25) is 0 Å². The van der Waals surface area contributed by atoms with E-state index >= 15 is 0 Å². The molecule has 4 rings (SSSR count). The summed E-state index contributed by atoms with van der Waals surface area (Å²) in [6, 6.07) is 15.5. The molecule has 0 spiro atoms. The van der Waals surface area contributed by atoms with E-state index in [0.717, 1.165) is 33.5 Å². The monoisotopic (exact) mass is 334 g/mol. The van der Waals surface area contributed by atoms with Gasteiger partial charge in [-0.25, -0.2) is 0 Å². The van der Waals surface area contributed by atoms with Gasteiger partial charge in [-0.05, 0) is 29.3 Å². The van der Waals surface area contributed by atoms with Gasteiger partial charge in [-0.3, -0.25) is 9.78 Å². The first-order chi connectivity index (χ1) is 12.3. The van der Waals surface area contributed by atoms with Gasteiger partial charge in [0.1, 0.15) is 13.2 Å². The Kier molecular flexibility index (Phi) is 4.21. The van der Waals surface area contributed by atoms with Crippen LogP contribution in [-0.4, -0.2) is 24.1 Å². The first kappa shape index (κ1) is 15.4. The number of pyridine rings is 1. The number of carbonyl (C=O) groups excluding carboxylic acids is 1. The molecule has 1 aromatic heterocycles. The highest BCUT2D eigenvalue weighted by atomic mass is 16.6. The molecule has 5 heteroatoms. The van der Waals surface area contributed by atoms with Crippen LogP contribution >= 0.6 is 0 Å². The quantitative estimate of drug-likeness (QED) is 0.797. The van der Waals surface area contributed by atoms with Gasteiger partial charge in [0.15, 0.2) is 11.5 Å². The Hall–Kier alpha value is -3.08. The fraction of sp³-hybridized carbons (Fsp3) is 0.200. The Balaban J connectivity index is 1.42. The number of fused-ring (bicyclic) bond motifs is 2. The molecule has 3 aromatic rings. The molecule has 126 valence electrons. The Labute approximate surface area is 145 Å². The predicted octanol–water partition coefficient (Wildman–Crippen LogP) is 2.86. The Morgan fingerprint density at radius 3 is 2.80 bits per heavy atom. The van der Waals surface area contributed by atoms with E-state index in [4.69, 9.17) is 9.47 Å². The predicted molar refractivity (Wildman–Crippen MR) is 94.7 cm³/mol. The van der Waals surface area contributed by atoms with E-state index < -0.39 is 0 Å². The van der Waals surface area contributed by atoms with Crippen LogP contribution in [0.5, 0.6) is 11.5 Å². The van der Waals surface area contributed by atoms with Crippen molar-refractivity contribution in [1.29, 1.82) is 0 Å². The number of nitrogens with one attached hydrogen (secondary N) is 1. The summed E-state index contributed by atoms with van der Waals surface area (Å²) in [6.07, 6.45) is 2.05. The van der Waals surface area contributed by atoms with Crippen molar-refractivity contribution in [3.63, 3.8) is 0 Å². The number of carbonyl (C=O) groups is 1. The van der Waals surface area contributed by atoms with Crippen LogP contribution in [0.3, 0.4) is 0 Å². The fourth-order valence-electron chi connectivity index (χ4n) is 2.94. The van der Waals surface area contributed by atoms with Gasteiger partial charge in [-0.2, -0.15) is 0 Å². The van der Waals surface area contributed by atoms with Gasteiger partial charge in [-0.15, -0.1) is 0 Å². The minimum absolute atomic E-state index is 0.0342. The molecular weight excluding hydrogens is 316 g/mol. The van der Waals surface area contributed by atoms with E-state index in [9.17, 15) is 4.79 Å². The van der Waals surface area contributed by atoms with Gasteiger partial charge in [-0.1, -0.05) is 30.3 Å². The molecule has 1 aliphatic heterocycles. The summed E-state index contributed by atoms with van der Waals surface area (Å²) in [5.41, 5.74) is 2.78. The van der Waals surface area contributed by atoms with E-state index in [2.05, 4.69) is 10.3 Å². The summed E-state index contributed by atoms with van der Waals surface area (Å²) in [7, 11) is 0. The second-order valence-electron chi connectivity index (χ2n) is 5.92. The third-order valence-corrected chi connectivity index (χ3v) is 4.16. The normalized spacial score (nSPS) is 12.8. The molecule has 0 saturated carbocycles. The molecule has 5 nitrogen and oxygen atoms in total. The lowest BCUT2D eigenvalue weighted by Crippen LogP contribution is -2.25. The van der Waals surface area contributed by atoms with Crippen molar-refractivity contribution < 1.29 is 14.3 Å². The summed E-state index contributed by atoms with van der Waals surface area (Å²) in [5, 5.41) is 4.00. The third-order valence-electron chi connectivity index (χ3n) is 4.16. The van der Waals surface area contributed by atoms with Gasteiger partial charge < -0.3 is 14.8 Å². The molecule has 0 bridgehead atoms. The van der Waals surface area contributed by atoms with Gasteiger partial charge in [0, 0.05) is 18.1 Å². The van der Waals surface area contributed by atoms with Crippen molar-refractivity contribution in [2.75, 3.05) is 13.2 Å². The lowest BCUT2D eigenvalue weighted by atomic mass is 10.1. The zero-order valence-electron chi connectivity index (χ0n) is 13.7. The van der Waals surface area contributed by atoms with Gasteiger partial charge in [0.05, 0.1) is 11.9 Å². The van der Waals surface area contributed by atoms with Crippen molar-refractivity contribution in [1.82, 2.24) is 10.3 Å². The average Bonchev–Trinajstić information content (AvgIpc) is 2.66. The molecule has 0 aliphatic carbocycles. The summed E-state index contributed by atoms with van der Waals surface area (Å²) in [5.74, 6) is 1.45. The first-order valence-electron chi connectivity index (χ1n) is 8.27. The number of amides is 1. The van der Waals surface area contributed by atoms with Crippen molar-refractivity contribution in [3.8, 4) is 11.5 Å². The van der Waals surface area contributed by atoms with E-state index in [1.54, 1.807) is 6.20 Å². The van der Waals surface area contributed by atoms with Crippen molar-refractivity contribution in [2.24, 2.45) is 0 Å². The van der Waals surface area contributed by atoms with E-state index in [-0.39, 0.29) is 5.91 Å². The zero-order valence-corrected chi connectivity index (χ0v) is 13.7. The molecule has 0 saturated heterocycles. The average molecular weight is 334 g/mol. The molecule has 0 fully saturated rings. The standard InChI is InChI=1S/C20H18N2O3/c23-19(12-16-4-1-3-15-5-2-8-21-20(15)16)22-13-14-6-7-17-18(11-14)25-10-9-24-17/h1-8,11H,9-10,12-13H2,(H,22,23). The minimum atomic E-state index is -0.0342. The topological polar surface area (TPSA) is 60.5 Å². The van der Waals surface area contributed by atoms with Crippen molar-refractivity contribution in [3.05, 3.63) is 65.9 Å². The number of benzene rings is 2. The molecular formula is C20H18N2O3. The van der Waals surface area contributed by atoms with Crippen LogP contribution < -0.4 is 14.8 Å². The molecule has 0 atom stereocenters. The largest absolute Gasteiger partial charge is 0.486 e. The van der Waals surface area contributed by atoms with Crippen LogP contribution in [0.4, 0.5) is 0 Å². The summed E-state index contributed by atoms with van der Waals surface area (Å²) < 4.78 is 11.1. The van der Waals surface area contributed by atoms with Crippen molar-refractivity contribution in [2.45, 2.75) is 13.0 Å². The SMILES string of the molecule is O=C(Cc1cccc2cccnc12)NCc1ccc2c(c1)OCCO2. The van der Waals surface area contributed by atoms with E-state index in [1.165, 1.54) is 0 Å². The van der Waals surface area contributed by atoms with Gasteiger partial charge in [0.25, 0.3) is 0 Å². The van der Waals surface area contributed by atoms with Crippen molar-refractivity contribution >= 4 is 16.8 Å². The smallest absolute Gasteiger partial charge is 0.224 e. The van der Waals surface area contributed by atoms with Gasteiger partial charge >= 0.3 is 0 Å². The minimum Gasteiger partial charge on any atom is -0.486 e. The maximum atomic E-state index is 12.3. The molecule has 25 heavy (non-hydrogen) atoms. The number of hydrogen-bond donors (Lipinski definition) is 1. The highest BCUT2D eigenvalue weighted by molar-refractivity contribution is 5.87. The van der Waals surface area contributed by atoms with Crippen LogP contribution in [0, 0.1) is 0 Å². The highest BCUT2D eigenvalue weighted by Gasteiger charge is 2.12. The highest BCUT2D eigenvalue weighted by Crippen LogP contribution is 2.30. The number of para-hydroxylation sites is 1. The lowest BCUT2D eigenvalue weighted by molar-refractivity contribution is -0.120. The second-order valence-corrected chi connectivity index (χ2v) is 5.92. The molecule has 0 radical (unpaired) electrons. The summed E-state index contributed by atoms with van der Waals surface area (Å²) in [4.78, 5) is 16.7. The lowest BCUT2D eigenvalue weighted by Gasteiger charge is -2.19. The number of ether oxygens (including phenoxy) is 2. The number of nitrogens with zero attached hydrogens (tertiary/aromatic N) is 1. The molecule has 1 amide bonds. The zero-order chi connectivity index (χ0) is 17.1. The molecule has 2 heterocycles. The van der Waals surface area contributed by atoms with Crippen LogP contribution in [0.15, 0.2) is 54.7 Å². The Morgan fingerprint density at radius 2 is 1.88 bits per heavy atom. The number of rotatable bonds is 4. The fourth-order valence-corrected chi connectivity index (χ4v) is 2.94. The van der Waals surface area contributed by atoms with E-state index in [1.807, 2.05) is 48.5 Å². The molecule has 1 N–H and O–H groups in total. The Bertz CT molecular complexity index is 918. The van der Waals surface area contributed by atoms with Crippen LogP contribution in [0.25, 0.3) is 10.9 Å². The molecule has 2 aromatic carbocycles. The third kappa shape index (κ3) is 3.40. The molecule has 1 aliphatic rings. The number of aromatic nitrogens is 1. The maximum Gasteiger partial charge on any atom is 0.224 e. The Morgan fingerprint density at radius 1 is 1.04 bits per heavy atom. The van der Waals surface area contributed by atoms with Crippen LogP contribution in [0.1, 0.15) is 11.1 Å². The van der Waals surface area contributed by atoms with Gasteiger partial charge in [0.2, 0.25) is 5.91 Å². The van der Waals surface area contributed by atoms with E-state index in [0.29, 0.717) is 26.2 Å². The molecule has 0 unspecified atom stereocenters.